The van der Waals surface area contributed by atoms with Gasteiger partial charge >= 0.3 is 0 Å². The molecule has 0 aliphatic heterocycles. The summed E-state index contributed by atoms with van der Waals surface area (Å²) in [6.45, 7) is 2.20. The smallest absolute Gasteiger partial charge is 0.117 e. The number of unbranched alkanes of at least 4 members (excludes halogenated alkanes) is 2. The Morgan fingerprint density at radius 1 is 1.19 bits per heavy atom. The summed E-state index contributed by atoms with van der Waals surface area (Å²) in [6, 6.07) is 10.7. The first-order chi connectivity index (χ1) is 10.4. The van der Waals surface area contributed by atoms with Gasteiger partial charge < -0.3 is 4.74 Å². The van der Waals surface area contributed by atoms with E-state index in [4.69, 9.17) is 4.74 Å². The van der Waals surface area contributed by atoms with Crippen LogP contribution >= 0.6 is 0 Å². The van der Waals surface area contributed by atoms with Gasteiger partial charge in [0.05, 0.1) is 0 Å². The lowest BCUT2D eigenvalue weighted by atomic mass is 9.81. The SMILES string of the molecule is CCCC/C=C\C#CO[C@H]1CCCC[C@@H]1c1ccccc1. The third kappa shape index (κ3) is 5.31. The van der Waals surface area contributed by atoms with Crippen LogP contribution in [0.15, 0.2) is 42.5 Å². The average molecular weight is 282 g/mol. The Hall–Kier alpha value is -1.68. The highest BCUT2D eigenvalue weighted by molar-refractivity contribution is 5.22. The van der Waals surface area contributed by atoms with Gasteiger partial charge in [-0.3, -0.25) is 0 Å². The van der Waals surface area contributed by atoms with E-state index >= 15 is 0 Å². The molecule has 0 bridgehead atoms. The summed E-state index contributed by atoms with van der Waals surface area (Å²) < 4.78 is 5.84. The van der Waals surface area contributed by atoms with E-state index in [1.807, 2.05) is 6.08 Å². The maximum atomic E-state index is 5.84. The van der Waals surface area contributed by atoms with Crippen molar-refractivity contribution in [1.29, 1.82) is 0 Å². The summed E-state index contributed by atoms with van der Waals surface area (Å²) in [4.78, 5) is 0. The van der Waals surface area contributed by atoms with Gasteiger partial charge in [0.25, 0.3) is 0 Å². The van der Waals surface area contributed by atoms with E-state index in [1.54, 1.807) is 0 Å². The zero-order valence-corrected chi connectivity index (χ0v) is 13.1. The third-order valence-electron chi connectivity index (χ3n) is 4.13. The van der Waals surface area contributed by atoms with Crippen LogP contribution in [0.5, 0.6) is 0 Å². The molecule has 21 heavy (non-hydrogen) atoms. The Balaban J connectivity index is 1.88. The number of ether oxygens (including phenoxy) is 1. The molecule has 0 saturated heterocycles. The van der Waals surface area contributed by atoms with Gasteiger partial charge in [-0.05, 0) is 43.2 Å². The van der Waals surface area contributed by atoms with Crippen LogP contribution in [-0.2, 0) is 4.74 Å². The molecular weight excluding hydrogens is 256 g/mol. The molecule has 0 amide bonds. The molecule has 1 fully saturated rings. The fraction of sp³-hybridized carbons (Fsp3) is 0.500. The Labute approximate surface area is 129 Å². The molecular formula is C20H26O. The van der Waals surface area contributed by atoms with E-state index in [0.29, 0.717) is 5.92 Å². The summed E-state index contributed by atoms with van der Waals surface area (Å²) in [6.07, 6.45) is 15.7. The van der Waals surface area contributed by atoms with Crippen LogP contribution in [0, 0.1) is 12.0 Å². The molecule has 0 heterocycles. The van der Waals surface area contributed by atoms with Crippen molar-refractivity contribution in [3.8, 4) is 12.0 Å². The normalized spacial score (nSPS) is 21.8. The quantitative estimate of drug-likeness (QED) is 0.516. The van der Waals surface area contributed by atoms with E-state index in [-0.39, 0.29) is 6.10 Å². The van der Waals surface area contributed by atoms with Crippen molar-refractivity contribution in [3.63, 3.8) is 0 Å². The lowest BCUT2D eigenvalue weighted by Gasteiger charge is -2.30. The Morgan fingerprint density at radius 2 is 2.00 bits per heavy atom. The topological polar surface area (TPSA) is 9.23 Å². The number of allylic oxidation sites excluding steroid dienone is 2. The number of hydrogen-bond donors (Lipinski definition) is 0. The predicted octanol–water partition coefficient (Wildman–Crippen LogP) is 5.44. The average Bonchev–Trinajstić information content (AvgIpc) is 2.55. The van der Waals surface area contributed by atoms with Crippen molar-refractivity contribution in [3.05, 3.63) is 48.0 Å². The number of rotatable bonds is 5. The Morgan fingerprint density at radius 3 is 2.81 bits per heavy atom. The fourth-order valence-corrected chi connectivity index (χ4v) is 2.93. The molecule has 1 nitrogen and oxygen atoms in total. The summed E-state index contributed by atoms with van der Waals surface area (Å²) >= 11 is 0. The highest BCUT2D eigenvalue weighted by atomic mass is 16.5. The lowest BCUT2D eigenvalue weighted by molar-refractivity contribution is 0.102. The van der Waals surface area contributed by atoms with Gasteiger partial charge in [-0.15, -0.1) is 0 Å². The van der Waals surface area contributed by atoms with Crippen molar-refractivity contribution in [2.45, 2.75) is 63.9 Å². The van der Waals surface area contributed by atoms with Gasteiger partial charge in [0, 0.05) is 5.92 Å². The number of benzene rings is 1. The zero-order chi connectivity index (χ0) is 14.8. The minimum atomic E-state index is 0.248. The maximum Gasteiger partial charge on any atom is 0.117 e. The van der Waals surface area contributed by atoms with Crippen LogP contribution in [0.4, 0.5) is 0 Å². The van der Waals surface area contributed by atoms with Gasteiger partial charge in [-0.1, -0.05) is 62.6 Å². The van der Waals surface area contributed by atoms with Gasteiger partial charge in [-0.25, -0.2) is 0 Å². The van der Waals surface area contributed by atoms with Crippen LogP contribution < -0.4 is 0 Å². The molecule has 0 radical (unpaired) electrons. The van der Waals surface area contributed by atoms with Crippen LogP contribution in [0.1, 0.15) is 63.4 Å². The van der Waals surface area contributed by atoms with E-state index in [1.165, 1.54) is 37.7 Å². The van der Waals surface area contributed by atoms with E-state index in [9.17, 15) is 0 Å². The minimum Gasteiger partial charge on any atom is -0.442 e. The van der Waals surface area contributed by atoms with Gasteiger partial charge in [0.2, 0.25) is 0 Å². The molecule has 0 unspecified atom stereocenters. The molecule has 1 aromatic carbocycles. The first kappa shape index (κ1) is 15.7. The molecule has 0 N–H and O–H groups in total. The summed E-state index contributed by atoms with van der Waals surface area (Å²) in [5, 5.41) is 0. The minimum absolute atomic E-state index is 0.248. The summed E-state index contributed by atoms with van der Waals surface area (Å²) in [7, 11) is 0. The molecule has 2 rings (SSSR count). The van der Waals surface area contributed by atoms with E-state index < -0.39 is 0 Å². The van der Waals surface area contributed by atoms with Crippen molar-refractivity contribution in [2.75, 3.05) is 0 Å². The van der Waals surface area contributed by atoms with E-state index in [0.717, 1.165) is 12.8 Å². The van der Waals surface area contributed by atoms with Crippen LogP contribution in [-0.4, -0.2) is 6.10 Å². The van der Waals surface area contributed by atoms with Gasteiger partial charge in [0.1, 0.15) is 12.2 Å². The second kappa shape index (κ2) is 9.29. The first-order valence-corrected chi connectivity index (χ1v) is 8.28. The van der Waals surface area contributed by atoms with Crippen molar-refractivity contribution < 1.29 is 4.74 Å². The zero-order valence-electron chi connectivity index (χ0n) is 13.1. The van der Waals surface area contributed by atoms with E-state index in [2.05, 4.69) is 55.4 Å². The Kier molecular flexibility index (Phi) is 6.95. The predicted molar refractivity (Wildman–Crippen MR) is 89.0 cm³/mol. The third-order valence-corrected chi connectivity index (χ3v) is 4.13. The first-order valence-electron chi connectivity index (χ1n) is 8.28. The second-order valence-corrected chi connectivity index (χ2v) is 5.75. The molecule has 0 spiro atoms. The second-order valence-electron chi connectivity index (χ2n) is 5.75. The van der Waals surface area contributed by atoms with Crippen molar-refractivity contribution in [2.24, 2.45) is 0 Å². The van der Waals surface area contributed by atoms with Crippen LogP contribution in [0.25, 0.3) is 0 Å². The molecule has 0 aromatic heterocycles. The summed E-state index contributed by atoms with van der Waals surface area (Å²) in [5.41, 5.74) is 1.39. The van der Waals surface area contributed by atoms with Crippen molar-refractivity contribution >= 4 is 0 Å². The highest BCUT2D eigenvalue weighted by Crippen LogP contribution is 2.34. The molecule has 2 atom stereocenters. The maximum absolute atomic E-state index is 5.84. The molecule has 1 aromatic rings. The van der Waals surface area contributed by atoms with Gasteiger partial charge in [-0.2, -0.15) is 0 Å². The monoisotopic (exact) mass is 282 g/mol. The lowest BCUT2D eigenvalue weighted by Crippen LogP contribution is -2.24. The molecule has 1 aliphatic carbocycles. The molecule has 112 valence electrons. The number of hydrogen-bond acceptors (Lipinski definition) is 1. The largest absolute Gasteiger partial charge is 0.442 e. The summed E-state index contributed by atoms with van der Waals surface area (Å²) in [5.74, 6) is 3.51. The van der Waals surface area contributed by atoms with Crippen LogP contribution in [0.3, 0.4) is 0 Å². The molecule has 1 saturated carbocycles. The standard InChI is InChI=1S/C20H26O/c1-2-3-4-5-6-12-17-21-20-16-11-10-15-19(20)18-13-8-7-9-14-18/h5-9,13-14,19-20H,2-4,10-11,15-16H2,1H3/b6-5-/t19-,20+/m1/s1. The fourth-order valence-electron chi connectivity index (χ4n) is 2.93. The van der Waals surface area contributed by atoms with Gasteiger partial charge in [0.15, 0.2) is 0 Å². The van der Waals surface area contributed by atoms with Crippen molar-refractivity contribution in [1.82, 2.24) is 0 Å². The molecule has 1 aliphatic rings. The molecule has 1 heteroatoms. The highest BCUT2D eigenvalue weighted by Gasteiger charge is 2.27. The van der Waals surface area contributed by atoms with Crippen LogP contribution in [0.2, 0.25) is 0 Å². The Bertz CT molecular complexity index is 478.